The highest BCUT2D eigenvalue weighted by Gasteiger charge is 2.23. The van der Waals surface area contributed by atoms with Gasteiger partial charge in [0.05, 0.1) is 0 Å². The normalized spacial score (nSPS) is 11.3. The van der Waals surface area contributed by atoms with Crippen molar-refractivity contribution in [2.75, 3.05) is 13.1 Å². The molecular weight excluding hydrogens is 438 g/mol. The van der Waals surface area contributed by atoms with Crippen molar-refractivity contribution in [3.8, 4) is 0 Å². The smallest absolute Gasteiger partial charge is 0.407 e. The lowest BCUT2D eigenvalue weighted by Crippen LogP contribution is -2.50. The van der Waals surface area contributed by atoms with E-state index in [0.717, 1.165) is 11.1 Å². The van der Waals surface area contributed by atoms with Gasteiger partial charge in [-0.1, -0.05) is 74.5 Å². The van der Waals surface area contributed by atoms with Gasteiger partial charge in [0.2, 0.25) is 11.8 Å². The van der Waals surface area contributed by atoms with Crippen LogP contribution in [0.2, 0.25) is 0 Å². The lowest BCUT2D eigenvalue weighted by molar-refractivity contribution is -0.145. The Hall–Kier alpha value is -3.88. The van der Waals surface area contributed by atoms with E-state index in [1.807, 2.05) is 74.5 Å². The molecule has 0 unspecified atom stereocenters. The van der Waals surface area contributed by atoms with Crippen molar-refractivity contribution in [2.24, 2.45) is 5.92 Å². The number of alkyl carbamates (subject to hydrolysis) is 1. The van der Waals surface area contributed by atoms with Crippen LogP contribution in [0.15, 0.2) is 60.7 Å². The third kappa shape index (κ3) is 10.6. The standard InChI is InChI=1S/C25H31N3O6/c1-18(2)13-21(24(31)26-15-23(30)33-16-19-9-5-3-6-10-19)28-22(29)14-27-25(32)34-17-20-11-7-4-8-12-20/h3-12,18,21H,13-17H2,1-2H3,(H,26,31)(H,27,32)(H,28,29)/t21-/m1/s1. The van der Waals surface area contributed by atoms with Crippen molar-refractivity contribution in [2.45, 2.75) is 39.5 Å². The number of carbonyl (C=O) groups is 4. The number of ether oxygens (including phenoxy) is 2. The monoisotopic (exact) mass is 469 g/mol. The van der Waals surface area contributed by atoms with Gasteiger partial charge in [0.25, 0.3) is 0 Å². The first-order valence-electron chi connectivity index (χ1n) is 11.0. The summed E-state index contributed by atoms with van der Waals surface area (Å²) in [7, 11) is 0. The third-order valence-corrected chi connectivity index (χ3v) is 4.61. The number of hydrogen-bond acceptors (Lipinski definition) is 6. The molecule has 2 rings (SSSR count). The number of amides is 3. The SMILES string of the molecule is CC(C)C[C@@H](NC(=O)CNC(=O)OCc1ccccc1)C(=O)NCC(=O)OCc1ccccc1. The minimum absolute atomic E-state index is 0.0764. The molecule has 0 saturated carbocycles. The first kappa shape index (κ1) is 26.4. The summed E-state index contributed by atoms with van der Waals surface area (Å²) in [6, 6.07) is 17.4. The summed E-state index contributed by atoms with van der Waals surface area (Å²) in [5.74, 6) is -1.55. The largest absolute Gasteiger partial charge is 0.460 e. The number of hydrogen-bond donors (Lipinski definition) is 3. The lowest BCUT2D eigenvalue weighted by atomic mass is 10.0. The predicted octanol–water partition coefficient (Wildman–Crippen LogP) is 2.30. The zero-order valence-corrected chi connectivity index (χ0v) is 19.4. The molecular formula is C25H31N3O6. The average molecular weight is 470 g/mol. The number of esters is 1. The van der Waals surface area contributed by atoms with Crippen LogP contribution in [0, 0.1) is 5.92 Å². The fourth-order valence-electron chi connectivity index (χ4n) is 2.95. The molecule has 0 heterocycles. The van der Waals surface area contributed by atoms with Crippen molar-refractivity contribution in [1.29, 1.82) is 0 Å². The molecule has 34 heavy (non-hydrogen) atoms. The van der Waals surface area contributed by atoms with Gasteiger partial charge in [-0.2, -0.15) is 0 Å². The van der Waals surface area contributed by atoms with Gasteiger partial charge in [-0.25, -0.2) is 4.79 Å². The van der Waals surface area contributed by atoms with E-state index in [1.165, 1.54) is 0 Å². The van der Waals surface area contributed by atoms with Crippen molar-refractivity contribution in [3.63, 3.8) is 0 Å². The van der Waals surface area contributed by atoms with Crippen LogP contribution in [0.5, 0.6) is 0 Å². The molecule has 1 atom stereocenters. The molecule has 0 saturated heterocycles. The Bertz CT molecular complexity index is 934. The van der Waals surface area contributed by atoms with Gasteiger partial charge >= 0.3 is 12.1 Å². The van der Waals surface area contributed by atoms with Crippen LogP contribution >= 0.6 is 0 Å². The van der Waals surface area contributed by atoms with E-state index >= 15 is 0 Å². The van der Waals surface area contributed by atoms with Crippen LogP contribution in [-0.2, 0) is 37.1 Å². The molecule has 9 nitrogen and oxygen atoms in total. The van der Waals surface area contributed by atoms with Gasteiger partial charge in [0, 0.05) is 0 Å². The molecule has 9 heteroatoms. The van der Waals surface area contributed by atoms with E-state index in [4.69, 9.17) is 9.47 Å². The number of nitrogens with one attached hydrogen (secondary N) is 3. The van der Waals surface area contributed by atoms with Gasteiger partial charge in [-0.3, -0.25) is 14.4 Å². The summed E-state index contributed by atoms with van der Waals surface area (Å²) in [6.45, 7) is 3.31. The molecule has 2 aromatic carbocycles. The van der Waals surface area contributed by atoms with E-state index in [0.29, 0.717) is 6.42 Å². The minimum Gasteiger partial charge on any atom is -0.460 e. The Kier molecular flexibility index (Phi) is 11.1. The summed E-state index contributed by atoms with van der Waals surface area (Å²) in [5.41, 5.74) is 1.65. The zero-order valence-electron chi connectivity index (χ0n) is 19.4. The topological polar surface area (TPSA) is 123 Å². The summed E-state index contributed by atoms with van der Waals surface area (Å²) >= 11 is 0. The quantitative estimate of drug-likeness (QED) is 0.410. The van der Waals surface area contributed by atoms with Gasteiger partial charge in [-0.05, 0) is 23.5 Å². The van der Waals surface area contributed by atoms with Crippen LogP contribution in [0.4, 0.5) is 4.79 Å². The highest BCUT2D eigenvalue weighted by Crippen LogP contribution is 2.05. The van der Waals surface area contributed by atoms with Gasteiger partial charge in [0.1, 0.15) is 32.3 Å². The average Bonchev–Trinajstić information content (AvgIpc) is 2.84. The summed E-state index contributed by atoms with van der Waals surface area (Å²) in [4.78, 5) is 48.6. The maximum atomic E-state index is 12.5. The highest BCUT2D eigenvalue weighted by atomic mass is 16.5. The molecule has 0 bridgehead atoms. The van der Waals surface area contributed by atoms with Gasteiger partial charge in [-0.15, -0.1) is 0 Å². The zero-order chi connectivity index (χ0) is 24.8. The number of carbonyl (C=O) groups excluding carboxylic acids is 4. The molecule has 182 valence electrons. The first-order chi connectivity index (χ1) is 16.3. The van der Waals surface area contributed by atoms with Gasteiger partial charge < -0.3 is 25.4 Å². The fourth-order valence-corrected chi connectivity index (χ4v) is 2.95. The Balaban J connectivity index is 1.73. The van der Waals surface area contributed by atoms with E-state index in [2.05, 4.69) is 16.0 Å². The Morgan fingerprint density at radius 1 is 0.765 bits per heavy atom. The van der Waals surface area contributed by atoms with Crippen LogP contribution in [0.3, 0.4) is 0 Å². The van der Waals surface area contributed by atoms with Crippen LogP contribution in [-0.4, -0.2) is 43.0 Å². The molecule has 0 fully saturated rings. The second-order valence-electron chi connectivity index (χ2n) is 8.03. The minimum atomic E-state index is -0.864. The van der Waals surface area contributed by atoms with Gasteiger partial charge in [0.15, 0.2) is 0 Å². The molecule has 0 radical (unpaired) electrons. The Morgan fingerprint density at radius 3 is 1.88 bits per heavy atom. The molecule has 0 spiro atoms. The maximum absolute atomic E-state index is 12.5. The van der Waals surface area contributed by atoms with E-state index < -0.39 is 29.9 Å². The van der Waals surface area contributed by atoms with Crippen LogP contribution in [0.25, 0.3) is 0 Å². The molecule has 0 aliphatic heterocycles. The summed E-state index contributed by atoms with van der Waals surface area (Å²) < 4.78 is 10.2. The summed E-state index contributed by atoms with van der Waals surface area (Å²) in [6.07, 6.45) is -0.389. The van der Waals surface area contributed by atoms with E-state index in [1.54, 1.807) is 0 Å². The molecule has 0 aromatic heterocycles. The molecule has 3 amide bonds. The summed E-state index contributed by atoms with van der Waals surface area (Å²) in [5, 5.41) is 7.43. The second-order valence-corrected chi connectivity index (χ2v) is 8.03. The molecule has 0 aliphatic carbocycles. The van der Waals surface area contributed by atoms with Crippen LogP contribution < -0.4 is 16.0 Å². The molecule has 0 aliphatic rings. The van der Waals surface area contributed by atoms with Crippen LogP contribution in [0.1, 0.15) is 31.4 Å². The van der Waals surface area contributed by atoms with Crippen molar-refractivity contribution in [3.05, 3.63) is 71.8 Å². The lowest BCUT2D eigenvalue weighted by Gasteiger charge is -2.20. The van der Waals surface area contributed by atoms with Crippen molar-refractivity contribution in [1.82, 2.24) is 16.0 Å². The number of rotatable bonds is 12. The van der Waals surface area contributed by atoms with E-state index in [-0.39, 0.29) is 32.2 Å². The highest BCUT2D eigenvalue weighted by molar-refractivity contribution is 5.90. The molecule has 3 N–H and O–H groups in total. The Morgan fingerprint density at radius 2 is 1.32 bits per heavy atom. The Labute approximate surface area is 199 Å². The fraction of sp³-hybridized carbons (Fsp3) is 0.360. The maximum Gasteiger partial charge on any atom is 0.407 e. The van der Waals surface area contributed by atoms with Crippen molar-refractivity contribution >= 4 is 23.9 Å². The number of benzene rings is 2. The first-order valence-corrected chi connectivity index (χ1v) is 11.0. The second kappa shape index (κ2) is 14.3. The predicted molar refractivity (Wildman–Crippen MR) is 125 cm³/mol. The van der Waals surface area contributed by atoms with E-state index in [9.17, 15) is 19.2 Å². The third-order valence-electron chi connectivity index (χ3n) is 4.61. The van der Waals surface area contributed by atoms with Crippen molar-refractivity contribution < 1.29 is 28.7 Å². The molecule has 2 aromatic rings.